The number of carbonyl (C=O) groups excluding carboxylic acids is 1. The molecule has 9 nitrogen and oxygen atoms in total. The Bertz CT molecular complexity index is 1330. The fraction of sp³-hybridized carbons (Fsp3) is 0.462. The van der Waals surface area contributed by atoms with Crippen LogP contribution in [0.4, 0.5) is 43.4 Å². The fourth-order valence-electron chi connectivity index (χ4n) is 4.94. The Labute approximate surface area is 230 Å². The van der Waals surface area contributed by atoms with E-state index in [1.165, 1.54) is 12.1 Å². The number of piperazine rings is 1. The maximum atomic E-state index is 13.3. The summed E-state index contributed by atoms with van der Waals surface area (Å²) in [6.45, 7) is 1.57. The minimum absolute atomic E-state index is 0.208. The summed E-state index contributed by atoms with van der Waals surface area (Å²) in [5.41, 5.74) is -3.28. The van der Waals surface area contributed by atoms with E-state index in [2.05, 4.69) is 0 Å². The first-order chi connectivity index (χ1) is 19.3. The lowest BCUT2D eigenvalue weighted by molar-refractivity contribution is -0.388. The van der Waals surface area contributed by atoms with Crippen LogP contribution in [0.3, 0.4) is 0 Å². The number of nitriles is 1. The predicted octanol–water partition coefficient (Wildman–Crippen LogP) is 4.84. The highest BCUT2D eigenvalue weighted by Crippen LogP contribution is 2.39. The van der Waals surface area contributed by atoms with Crippen molar-refractivity contribution in [1.29, 1.82) is 5.26 Å². The number of alkyl halides is 6. The van der Waals surface area contributed by atoms with Crippen LogP contribution < -0.4 is 9.80 Å². The number of nitrogens with zero attached hydrogens (tertiary/aromatic N) is 5. The molecule has 0 radical (unpaired) electrons. The van der Waals surface area contributed by atoms with Crippen LogP contribution in [0.2, 0.25) is 0 Å². The molecule has 2 aliphatic heterocycles. The molecule has 2 saturated heterocycles. The number of nitro groups is 1. The molecular formula is C26H25F6N5O4. The van der Waals surface area contributed by atoms with Gasteiger partial charge in [-0.1, -0.05) is 0 Å². The summed E-state index contributed by atoms with van der Waals surface area (Å²) in [7, 11) is 0. The van der Waals surface area contributed by atoms with Crippen molar-refractivity contribution < 1.29 is 40.8 Å². The van der Waals surface area contributed by atoms with Crippen molar-refractivity contribution in [2.75, 3.05) is 55.7 Å². The highest BCUT2D eigenvalue weighted by molar-refractivity contribution is 5.77. The Hall–Kier alpha value is -4.06. The first-order valence-electron chi connectivity index (χ1n) is 12.6. The molecule has 0 bridgehead atoms. The van der Waals surface area contributed by atoms with Crippen molar-refractivity contribution in [3.05, 3.63) is 63.2 Å². The molecule has 2 aromatic carbocycles. The number of rotatable bonds is 6. The summed E-state index contributed by atoms with van der Waals surface area (Å²) in [4.78, 5) is 27.5. The lowest BCUT2D eigenvalue weighted by Crippen LogP contribution is -2.50. The van der Waals surface area contributed by atoms with Gasteiger partial charge in [-0.25, -0.2) is 0 Å². The standard InChI is InChI=1S/C26H25F6N5O4/c27-25(28,29)21-13-18(2-1-17(21)15-33)35-9-11-36(12-10-35)24(38)16-41-20-5-7-34(8-6-20)19-3-4-23(37(39)40)22(14-19)26(30,31)32/h1-4,13-14,20H,5-12,16H2. The number of benzene rings is 2. The number of amides is 1. The van der Waals surface area contributed by atoms with Crippen LogP contribution >= 0.6 is 0 Å². The van der Waals surface area contributed by atoms with Crippen molar-refractivity contribution in [3.63, 3.8) is 0 Å². The summed E-state index contributed by atoms with van der Waals surface area (Å²) in [5, 5.41) is 20.0. The van der Waals surface area contributed by atoms with E-state index in [-0.39, 0.29) is 37.4 Å². The monoisotopic (exact) mass is 585 g/mol. The molecule has 0 atom stereocenters. The molecule has 0 aliphatic carbocycles. The largest absolute Gasteiger partial charge is 0.423 e. The lowest BCUT2D eigenvalue weighted by Gasteiger charge is -2.37. The Morgan fingerprint density at radius 2 is 1.44 bits per heavy atom. The van der Waals surface area contributed by atoms with E-state index in [9.17, 15) is 41.3 Å². The van der Waals surface area contributed by atoms with Crippen LogP contribution in [0.25, 0.3) is 0 Å². The van der Waals surface area contributed by atoms with Gasteiger partial charge < -0.3 is 19.4 Å². The predicted molar refractivity (Wildman–Crippen MR) is 134 cm³/mol. The van der Waals surface area contributed by atoms with Crippen LogP contribution in [0.1, 0.15) is 29.5 Å². The van der Waals surface area contributed by atoms with Gasteiger partial charge in [-0.2, -0.15) is 31.6 Å². The van der Waals surface area contributed by atoms with Crippen molar-refractivity contribution in [3.8, 4) is 6.07 Å². The molecule has 0 N–H and O–H groups in total. The maximum Gasteiger partial charge on any atom is 0.423 e. The van der Waals surface area contributed by atoms with E-state index in [1.807, 2.05) is 0 Å². The lowest BCUT2D eigenvalue weighted by atomic mass is 10.1. The van der Waals surface area contributed by atoms with E-state index >= 15 is 0 Å². The number of carbonyl (C=O) groups is 1. The number of hydrogen-bond donors (Lipinski definition) is 0. The van der Waals surface area contributed by atoms with Crippen LogP contribution in [0, 0.1) is 21.4 Å². The molecule has 0 saturated carbocycles. The van der Waals surface area contributed by atoms with Crippen LogP contribution in [-0.4, -0.2) is 67.7 Å². The summed E-state index contributed by atoms with van der Waals surface area (Å²) < 4.78 is 85.6. The summed E-state index contributed by atoms with van der Waals surface area (Å²) >= 11 is 0. The molecule has 4 rings (SSSR count). The maximum absolute atomic E-state index is 13.3. The molecule has 2 fully saturated rings. The normalized spacial score (nSPS) is 17.0. The third-order valence-corrected chi connectivity index (χ3v) is 7.16. The van der Waals surface area contributed by atoms with Crippen LogP contribution in [0.5, 0.6) is 0 Å². The smallest absolute Gasteiger partial charge is 0.371 e. The van der Waals surface area contributed by atoms with E-state index in [4.69, 9.17) is 10.00 Å². The molecule has 220 valence electrons. The van der Waals surface area contributed by atoms with Gasteiger partial charge in [0.15, 0.2) is 0 Å². The molecule has 41 heavy (non-hydrogen) atoms. The third-order valence-electron chi connectivity index (χ3n) is 7.16. The van der Waals surface area contributed by atoms with Crippen molar-refractivity contribution >= 4 is 23.0 Å². The highest BCUT2D eigenvalue weighted by atomic mass is 19.4. The summed E-state index contributed by atoms with van der Waals surface area (Å²) in [5.74, 6) is -0.284. The molecular weight excluding hydrogens is 560 g/mol. The number of halogens is 6. The second-order valence-corrected chi connectivity index (χ2v) is 9.66. The first kappa shape index (κ1) is 29.9. The Balaban J connectivity index is 1.26. The van der Waals surface area contributed by atoms with Gasteiger partial charge in [-0.05, 0) is 43.2 Å². The number of piperidine rings is 1. The molecule has 0 aromatic heterocycles. The highest BCUT2D eigenvalue weighted by Gasteiger charge is 2.39. The van der Waals surface area contributed by atoms with Gasteiger partial charge in [-0.15, -0.1) is 0 Å². The van der Waals surface area contributed by atoms with Gasteiger partial charge in [0.05, 0.1) is 28.2 Å². The molecule has 2 heterocycles. The van der Waals surface area contributed by atoms with Crippen molar-refractivity contribution in [2.24, 2.45) is 0 Å². The number of anilines is 2. The minimum atomic E-state index is -4.88. The van der Waals surface area contributed by atoms with E-state index in [0.29, 0.717) is 44.7 Å². The average molecular weight is 586 g/mol. The van der Waals surface area contributed by atoms with Gasteiger partial charge >= 0.3 is 12.4 Å². The average Bonchev–Trinajstić information content (AvgIpc) is 2.94. The Morgan fingerprint density at radius 3 is 1.98 bits per heavy atom. The van der Waals surface area contributed by atoms with Gasteiger partial charge in [0.2, 0.25) is 5.91 Å². The first-order valence-corrected chi connectivity index (χ1v) is 12.6. The van der Waals surface area contributed by atoms with E-state index in [1.54, 1.807) is 20.8 Å². The molecule has 0 unspecified atom stereocenters. The van der Waals surface area contributed by atoms with Gasteiger partial charge in [0, 0.05) is 56.7 Å². The molecule has 15 heteroatoms. The summed E-state index contributed by atoms with van der Waals surface area (Å²) in [6.07, 6.45) is -8.99. The Kier molecular flexibility index (Phi) is 8.62. The third kappa shape index (κ3) is 6.99. The van der Waals surface area contributed by atoms with Gasteiger partial charge in [0.25, 0.3) is 5.69 Å². The number of nitro benzene ring substituents is 1. The second-order valence-electron chi connectivity index (χ2n) is 9.66. The molecule has 1 amide bonds. The van der Waals surface area contributed by atoms with Crippen molar-refractivity contribution in [2.45, 2.75) is 31.3 Å². The SMILES string of the molecule is N#Cc1ccc(N2CCN(C(=O)COC3CCN(c4ccc([N+](=O)[O-])c(C(F)(F)F)c4)CC3)CC2)cc1C(F)(F)F. The van der Waals surface area contributed by atoms with E-state index < -0.39 is 39.7 Å². The molecule has 2 aromatic rings. The van der Waals surface area contributed by atoms with Crippen molar-refractivity contribution in [1.82, 2.24) is 4.90 Å². The quantitative estimate of drug-likeness (QED) is 0.272. The Morgan fingerprint density at radius 1 is 0.902 bits per heavy atom. The summed E-state index contributed by atoms with van der Waals surface area (Å²) in [6, 6.07) is 7.95. The second kappa shape index (κ2) is 11.8. The molecule has 0 spiro atoms. The topological polar surface area (TPSA) is 103 Å². The zero-order valence-corrected chi connectivity index (χ0v) is 21.5. The van der Waals surface area contributed by atoms with Crippen LogP contribution in [0.15, 0.2) is 36.4 Å². The molecule has 2 aliphatic rings. The fourth-order valence-corrected chi connectivity index (χ4v) is 4.94. The van der Waals surface area contributed by atoms with Gasteiger partial charge in [-0.3, -0.25) is 14.9 Å². The van der Waals surface area contributed by atoms with E-state index in [0.717, 1.165) is 24.3 Å². The number of hydrogen-bond acceptors (Lipinski definition) is 7. The zero-order valence-electron chi connectivity index (χ0n) is 21.5. The van der Waals surface area contributed by atoms with Crippen LogP contribution in [-0.2, 0) is 21.9 Å². The minimum Gasteiger partial charge on any atom is -0.371 e. The zero-order chi connectivity index (χ0) is 29.9. The van der Waals surface area contributed by atoms with Gasteiger partial charge in [0.1, 0.15) is 12.2 Å². The number of ether oxygens (including phenoxy) is 1.